The second kappa shape index (κ2) is 36.1. The number of carbonyl (C=O) groups excluding carboxylic acids is 2. The predicted octanol–water partition coefficient (Wildman–Crippen LogP) is 11.1. The third kappa shape index (κ3) is 36.7. The summed E-state index contributed by atoms with van der Waals surface area (Å²) < 4.78 is 10.3. The lowest BCUT2D eigenvalue weighted by molar-refractivity contribution is -0.152. The number of allylic oxidation sites excluding steroid dienone is 7. The topological polar surface area (TPSA) is 93.1 Å². The maximum atomic E-state index is 12.0. The van der Waals surface area contributed by atoms with E-state index in [1.165, 1.54) is 70.6 Å². The number of carbonyl (C=O) groups is 2. The molecule has 0 fully saturated rings. The summed E-state index contributed by atoms with van der Waals surface area (Å²) in [4.78, 5) is 23.9. The Bertz CT molecular complexity index is 843. The molecule has 0 aliphatic rings. The van der Waals surface area contributed by atoms with Crippen LogP contribution in [0.3, 0.4) is 0 Å². The summed E-state index contributed by atoms with van der Waals surface area (Å²) in [7, 11) is 0. The van der Waals surface area contributed by atoms with E-state index >= 15 is 0 Å². The summed E-state index contributed by atoms with van der Waals surface area (Å²) in [5.41, 5.74) is 0. The van der Waals surface area contributed by atoms with Gasteiger partial charge in [-0.1, -0.05) is 166 Å². The third-order valence-electron chi connectivity index (χ3n) is 8.32. The Morgan fingerprint density at radius 1 is 0.542 bits per heavy atom. The van der Waals surface area contributed by atoms with Gasteiger partial charge < -0.3 is 19.7 Å². The Kier molecular flexibility index (Phi) is 34.5. The smallest absolute Gasteiger partial charge is 0.305 e. The molecule has 48 heavy (non-hydrogen) atoms. The summed E-state index contributed by atoms with van der Waals surface area (Å²) in [6.45, 7) is 6.44. The molecule has 0 spiro atoms. The molecule has 278 valence electrons. The molecule has 6 heteroatoms. The Morgan fingerprint density at radius 3 is 1.48 bits per heavy atom. The zero-order chi connectivity index (χ0) is 35.3. The van der Waals surface area contributed by atoms with Gasteiger partial charge in [-0.3, -0.25) is 9.59 Å². The second-order valence-electron chi connectivity index (χ2n) is 13.7. The second-order valence-corrected chi connectivity index (χ2v) is 13.7. The molecule has 0 unspecified atom stereocenters. The highest BCUT2D eigenvalue weighted by Gasteiger charge is 2.12. The van der Waals surface area contributed by atoms with Crippen molar-refractivity contribution < 1.29 is 29.3 Å². The third-order valence-corrected chi connectivity index (χ3v) is 8.32. The fraction of sp³-hybridized carbons (Fsp3) is 0.762. The lowest BCUT2D eigenvalue weighted by atomic mass is 10.0. The van der Waals surface area contributed by atoms with Crippen LogP contribution in [0.15, 0.2) is 48.6 Å². The lowest BCUT2D eigenvalue weighted by Gasteiger charge is -2.12. The van der Waals surface area contributed by atoms with Crippen molar-refractivity contribution in [1.29, 1.82) is 0 Å². The standard InChI is InChI=1S/C42H74O6/c1-4-5-32-39(43)33-28-24-20-16-12-9-10-14-18-22-26-30-35-42(46)48-37-40(44)36-47-41(45)34-29-25-21-17-13-8-6-7-11-15-19-23-27-31-38(2)3/h9-10,16,18,20,22,28,33,38-40,43-44H,4-8,11-15,17,19,21,23-27,29-32,34-37H2,1-3H3/b10-9-,20-16-,22-18-,33-28-/t39-,40-/m0/s1. The monoisotopic (exact) mass is 675 g/mol. The Labute approximate surface area is 295 Å². The molecule has 0 aromatic carbocycles. The van der Waals surface area contributed by atoms with Crippen LogP contribution in [0, 0.1) is 5.92 Å². The fourth-order valence-corrected chi connectivity index (χ4v) is 5.28. The number of hydrogen-bond acceptors (Lipinski definition) is 6. The molecule has 0 saturated carbocycles. The SMILES string of the molecule is CCCC[C@H](O)/C=C\C/C=C\C/C=C\C/C=C\CCCC(=O)OC[C@@H](O)COC(=O)CCCCCCCCCCCCCCCC(C)C. The van der Waals surface area contributed by atoms with Crippen molar-refractivity contribution in [2.45, 2.75) is 187 Å². The zero-order valence-electron chi connectivity index (χ0n) is 31.3. The number of aliphatic hydroxyl groups is 2. The number of unbranched alkanes of at least 4 members (excludes halogenated alkanes) is 14. The molecule has 0 aliphatic heterocycles. The normalized spacial score (nSPS) is 13.5. The van der Waals surface area contributed by atoms with Crippen molar-refractivity contribution in [3.05, 3.63) is 48.6 Å². The first-order valence-electron chi connectivity index (χ1n) is 19.6. The number of rotatable bonds is 34. The van der Waals surface area contributed by atoms with E-state index in [4.69, 9.17) is 9.47 Å². The Morgan fingerprint density at radius 2 is 0.979 bits per heavy atom. The average Bonchev–Trinajstić information content (AvgIpc) is 3.07. The summed E-state index contributed by atoms with van der Waals surface area (Å²) in [5.74, 6) is 0.191. The quantitative estimate of drug-likeness (QED) is 0.0401. The van der Waals surface area contributed by atoms with E-state index in [2.05, 4.69) is 57.2 Å². The van der Waals surface area contributed by atoms with Crippen LogP contribution in [-0.4, -0.2) is 47.6 Å². The maximum absolute atomic E-state index is 12.0. The van der Waals surface area contributed by atoms with Gasteiger partial charge in [-0.05, 0) is 50.9 Å². The van der Waals surface area contributed by atoms with Crippen LogP contribution in [0.2, 0.25) is 0 Å². The van der Waals surface area contributed by atoms with E-state index in [1.54, 1.807) is 0 Å². The first-order chi connectivity index (χ1) is 23.3. The number of aliphatic hydroxyl groups excluding tert-OH is 2. The van der Waals surface area contributed by atoms with Crippen LogP contribution < -0.4 is 0 Å². The van der Waals surface area contributed by atoms with Crippen molar-refractivity contribution >= 4 is 11.9 Å². The van der Waals surface area contributed by atoms with E-state index in [1.807, 2.05) is 12.2 Å². The molecule has 0 rings (SSSR count). The molecule has 0 aromatic heterocycles. The first kappa shape index (κ1) is 45.8. The summed E-state index contributed by atoms with van der Waals surface area (Å²) >= 11 is 0. The van der Waals surface area contributed by atoms with E-state index in [0.29, 0.717) is 19.3 Å². The van der Waals surface area contributed by atoms with E-state index in [0.717, 1.165) is 70.1 Å². The molecule has 0 aliphatic carbocycles. The highest BCUT2D eigenvalue weighted by atomic mass is 16.6. The van der Waals surface area contributed by atoms with Gasteiger partial charge in [-0.15, -0.1) is 0 Å². The minimum atomic E-state index is -0.996. The van der Waals surface area contributed by atoms with Crippen molar-refractivity contribution in [3.8, 4) is 0 Å². The number of ether oxygens (including phenoxy) is 2. The van der Waals surface area contributed by atoms with Gasteiger partial charge in [-0.2, -0.15) is 0 Å². The van der Waals surface area contributed by atoms with Gasteiger partial charge in [0.05, 0.1) is 6.10 Å². The minimum Gasteiger partial charge on any atom is -0.463 e. The van der Waals surface area contributed by atoms with Gasteiger partial charge in [0.25, 0.3) is 0 Å². The highest BCUT2D eigenvalue weighted by molar-refractivity contribution is 5.69. The van der Waals surface area contributed by atoms with Crippen LogP contribution in [-0.2, 0) is 19.1 Å². The van der Waals surface area contributed by atoms with Crippen molar-refractivity contribution in [2.24, 2.45) is 5.92 Å². The van der Waals surface area contributed by atoms with E-state index in [-0.39, 0.29) is 31.3 Å². The average molecular weight is 675 g/mol. The lowest BCUT2D eigenvalue weighted by Crippen LogP contribution is -2.25. The van der Waals surface area contributed by atoms with Crippen LogP contribution in [0.4, 0.5) is 0 Å². The molecule has 0 radical (unpaired) electrons. The van der Waals surface area contributed by atoms with Crippen LogP contribution in [0.1, 0.15) is 175 Å². The molecule has 0 saturated heterocycles. The van der Waals surface area contributed by atoms with Gasteiger partial charge in [-0.25, -0.2) is 0 Å². The number of esters is 2. The Hall–Kier alpha value is -2.18. The Balaban J connectivity index is 3.56. The molecule has 0 amide bonds. The van der Waals surface area contributed by atoms with Gasteiger partial charge in [0.1, 0.15) is 19.3 Å². The highest BCUT2D eigenvalue weighted by Crippen LogP contribution is 2.15. The van der Waals surface area contributed by atoms with Crippen molar-refractivity contribution in [3.63, 3.8) is 0 Å². The molecule has 0 bridgehead atoms. The van der Waals surface area contributed by atoms with Gasteiger partial charge in [0.15, 0.2) is 0 Å². The molecule has 2 atom stereocenters. The minimum absolute atomic E-state index is 0.142. The van der Waals surface area contributed by atoms with Crippen LogP contribution in [0.5, 0.6) is 0 Å². The molecule has 0 heterocycles. The predicted molar refractivity (Wildman–Crippen MR) is 202 cm³/mol. The first-order valence-corrected chi connectivity index (χ1v) is 19.6. The fourth-order valence-electron chi connectivity index (χ4n) is 5.28. The summed E-state index contributed by atoms with van der Waals surface area (Å²) in [6, 6.07) is 0. The van der Waals surface area contributed by atoms with Gasteiger partial charge in [0, 0.05) is 12.8 Å². The largest absolute Gasteiger partial charge is 0.463 e. The van der Waals surface area contributed by atoms with Crippen LogP contribution >= 0.6 is 0 Å². The molecule has 0 aromatic rings. The molecule has 6 nitrogen and oxygen atoms in total. The van der Waals surface area contributed by atoms with Crippen LogP contribution in [0.25, 0.3) is 0 Å². The van der Waals surface area contributed by atoms with E-state index in [9.17, 15) is 19.8 Å². The van der Waals surface area contributed by atoms with Crippen molar-refractivity contribution in [2.75, 3.05) is 13.2 Å². The van der Waals surface area contributed by atoms with Gasteiger partial charge >= 0.3 is 11.9 Å². The number of hydrogen-bond donors (Lipinski definition) is 2. The molecular formula is C42H74O6. The molecule has 2 N–H and O–H groups in total. The zero-order valence-corrected chi connectivity index (χ0v) is 31.3. The summed E-state index contributed by atoms with van der Waals surface area (Å²) in [6.07, 6.45) is 40.8. The van der Waals surface area contributed by atoms with Crippen molar-refractivity contribution in [1.82, 2.24) is 0 Å². The van der Waals surface area contributed by atoms with E-state index < -0.39 is 6.10 Å². The summed E-state index contributed by atoms with van der Waals surface area (Å²) in [5, 5.41) is 19.8. The van der Waals surface area contributed by atoms with Gasteiger partial charge in [0.2, 0.25) is 0 Å². The maximum Gasteiger partial charge on any atom is 0.305 e. The molecular weight excluding hydrogens is 600 g/mol.